The van der Waals surface area contributed by atoms with Gasteiger partial charge in [-0.1, -0.05) is 13.3 Å². The van der Waals surface area contributed by atoms with Crippen molar-refractivity contribution in [1.82, 2.24) is 10.3 Å². The molecule has 2 rings (SSSR count). The number of aryl methyl sites for hydroxylation is 1. The van der Waals surface area contributed by atoms with Crippen LogP contribution in [-0.4, -0.2) is 24.7 Å². The third-order valence-corrected chi connectivity index (χ3v) is 4.54. The van der Waals surface area contributed by atoms with Crippen molar-refractivity contribution in [2.24, 2.45) is 5.92 Å². The zero-order valence-electron chi connectivity index (χ0n) is 13.3. The Morgan fingerprint density at radius 3 is 2.70 bits per heavy atom. The van der Waals surface area contributed by atoms with E-state index in [9.17, 15) is 0 Å². The Morgan fingerprint density at radius 1 is 1.40 bits per heavy atom. The molecule has 1 heterocycles. The number of nitrogens with one attached hydrogen (secondary N) is 1. The van der Waals surface area contributed by atoms with E-state index in [1.165, 1.54) is 36.9 Å². The predicted molar refractivity (Wildman–Crippen MR) is 83.4 cm³/mol. The maximum absolute atomic E-state index is 5.52. The molecule has 0 spiro atoms. The van der Waals surface area contributed by atoms with Gasteiger partial charge in [0.2, 0.25) is 0 Å². The first-order valence-electron chi connectivity index (χ1n) is 7.89. The highest BCUT2D eigenvalue weighted by Gasteiger charge is 2.28. The minimum atomic E-state index is 0.572. The molecule has 1 aliphatic rings. The van der Waals surface area contributed by atoms with Crippen LogP contribution in [0.1, 0.15) is 49.4 Å². The molecule has 3 heteroatoms. The molecular weight excluding hydrogens is 248 g/mol. The molecule has 0 aliphatic heterocycles. The maximum atomic E-state index is 5.52. The van der Waals surface area contributed by atoms with Crippen molar-refractivity contribution in [3.8, 4) is 5.75 Å². The number of methoxy groups -OCH3 is 1. The minimum Gasteiger partial charge on any atom is -0.496 e. The van der Waals surface area contributed by atoms with Crippen molar-refractivity contribution in [3.63, 3.8) is 0 Å². The van der Waals surface area contributed by atoms with Crippen LogP contribution in [0.5, 0.6) is 5.75 Å². The molecule has 3 nitrogen and oxygen atoms in total. The third-order valence-electron chi connectivity index (χ3n) is 4.54. The Hall–Kier alpha value is -1.09. The zero-order valence-corrected chi connectivity index (χ0v) is 13.3. The second-order valence-electron chi connectivity index (χ2n) is 6.00. The van der Waals surface area contributed by atoms with Gasteiger partial charge in [-0.3, -0.25) is 4.98 Å². The van der Waals surface area contributed by atoms with E-state index < -0.39 is 0 Å². The Bertz CT molecular complexity index is 441. The van der Waals surface area contributed by atoms with E-state index in [-0.39, 0.29) is 0 Å². The molecule has 0 amide bonds. The van der Waals surface area contributed by atoms with E-state index in [4.69, 9.17) is 4.74 Å². The van der Waals surface area contributed by atoms with Gasteiger partial charge in [-0.15, -0.1) is 0 Å². The van der Waals surface area contributed by atoms with E-state index in [1.54, 1.807) is 7.11 Å². The topological polar surface area (TPSA) is 34.2 Å². The lowest BCUT2D eigenvalue weighted by atomic mass is 9.77. The summed E-state index contributed by atoms with van der Waals surface area (Å²) in [6.45, 7) is 7.51. The highest BCUT2D eigenvalue weighted by atomic mass is 16.5. The Balaban J connectivity index is 2.13. The van der Waals surface area contributed by atoms with Crippen molar-refractivity contribution in [2.75, 3.05) is 13.7 Å². The van der Waals surface area contributed by atoms with Gasteiger partial charge in [0.05, 0.1) is 7.11 Å². The fourth-order valence-electron chi connectivity index (χ4n) is 3.06. The molecule has 1 unspecified atom stereocenters. The van der Waals surface area contributed by atoms with Gasteiger partial charge >= 0.3 is 0 Å². The summed E-state index contributed by atoms with van der Waals surface area (Å²) in [7, 11) is 1.75. The standard InChI is InChI=1S/C17H28N2O/c1-5-9-18-16(14-7-6-8-14)10-15-13(3)17(20-4)12(2)11-19-15/h11,14,16,18H,5-10H2,1-4H3. The summed E-state index contributed by atoms with van der Waals surface area (Å²) >= 11 is 0. The van der Waals surface area contributed by atoms with E-state index in [0.717, 1.165) is 30.2 Å². The summed E-state index contributed by atoms with van der Waals surface area (Å²) < 4.78 is 5.52. The third kappa shape index (κ3) is 3.32. The van der Waals surface area contributed by atoms with Crippen LogP contribution in [0.4, 0.5) is 0 Å². The highest BCUT2D eigenvalue weighted by molar-refractivity contribution is 5.41. The molecule has 112 valence electrons. The molecule has 0 bridgehead atoms. The van der Waals surface area contributed by atoms with Gasteiger partial charge in [-0.05, 0) is 45.6 Å². The highest BCUT2D eigenvalue weighted by Crippen LogP contribution is 2.32. The smallest absolute Gasteiger partial charge is 0.128 e. The van der Waals surface area contributed by atoms with Crippen molar-refractivity contribution in [2.45, 2.75) is 58.9 Å². The largest absolute Gasteiger partial charge is 0.496 e. The van der Waals surface area contributed by atoms with Gasteiger partial charge in [0.1, 0.15) is 5.75 Å². The second kappa shape index (κ2) is 7.07. The maximum Gasteiger partial charge on any atom is 0.128 e. The molecule has 20 heavy (non-hydrogen) atoms. The van der Waals surface area contributed by atoms with E-state index in [0.29, 0.717) is 6.04 Å². The van der Waals surface area contributed by atoms with Crippen LogP contribution in [0.3, 0.4) is 0 Å². The summed E-state index contributed by atoms with van der Waals surface area (Å²) in [6.07, 6.45) is 8.27. The van der Waals surface area contributed by atoms with Crippen LogP contribution in [-0.2, 0) is 6.42 Å². The van der Waals surface area contributed by atoms with Gasteiger partial charge < -0.3 is 10.1 Å². The Kier molecular flexibility index (Phi) is 5.41. The molecular formula is C17H28N2O. The van der Waals surface area contributed by atoms with Gasteiger partial charge in [0, 0.05) is 35.5 Å². The van der Waals surface area contributed by atoms with Crippen molar-refractivity contribution < 1.29 is 4.74 Å². The molecule has 0 radical (unpaired) electrons. The quantitative estimate of drug-likeness (QED) is 0.828. The number of pyridine rings is 1. The van der Waals surface area contributed by atoms with Gasteiger partial charge in [-0.2, -0.15) is 0 Å². The summed E-state index contributed by atoms with van der Waals surface area (Å²) in [5.41, 5.74) is 3.51. The van der Waals surface area contributed by atoms with E-state index >= 15 is 0 Å². The average molecular weight is 276 g/mol. The summed E-state index contributed by atoms with van der Waals surface area (Å²) in [6, 6.07) is 0.572. The second-order valence-corrected chi connectivity index (χ2v) is 6.00. The molecule has 0 aromatic carbocycles. The monoisotopic (exact) mass is 276 g/mol. The number of rotatable bonds is 7. The van der Waals surface area contributed by atoms with Crippen LogP contribution in [0, 0.1) is 19.8 Å². The molecule has 1 fully saturated rings. The van der Waals surface area contributed by atoms with Gasteiger partial charge in [-0.25, -0.2) is 0 Å². The summed E-state index contributed by atoms with van der Waals surface area (Å²) in [4.78, 5) is 4.66. The first-order valence-corrected chi connectivity index (χ1v) is 7.89. The molecule has 1 aromatic heterocycles. The fourth-order valence-corrected chi connectivity index (χ4v) is 3.06. The predicted octanol–water partition coefficient (Wildman–Crippen LogP) is 3.42. The number of ether oxygens (including phenoxy) is 1. The number of hydrogen-bond acceptors (Lipinski definition) is 3. The minimum absolute atomic E-state index is 0.572. The number of nitrogens with zero attached hydrogens (tertiary/aromatic N) is 1. The Morgan fingerprint density at radius 2 is 2.15 bits per heavy atom. The first-order chi connectivity index (χ1) is 9.67. The van der Waals surface area contributed by atoms with Crippen LogP contribution in [0.2, 0.25) is 0 Å². The lowest BCUT2D eigenvalue weighted by molar-refractivity contribution is 0.226. The molecule has 1 atom stereocenters. The van der Waals surface area contributed by atoms with Gasteiger partial charge in [0.15, 0.2) is 0 Å². The van der Waals surface area contributed by atoms with Crippen LogP contribution < -0.4 is 10.1 Å². The Labute approximate surface area is 123 Å². The fraction of sp³-hybridized carbons (Fsp3) is 0.706. The lowest BCUT2D eigenvalue weighted by Crippen LogP contribution is -2.41. The van der Waals surface area contributed by atoms with Gasteiger partial charge in [0.25, 0.3) is 0 Å². The number of hydrogen-bond donors (Lipinski definition) is 1. The lowest BCUT2D eigenvalue weighted by Gasteiger charge is -2.34. The average Bonchev–Trinajstić information content (AvgIpc) is 2.37. The number of aromatic nitrogens is 1. The van der Waals surface area contributed by atoms with Crippen LogP contribution >= 0.6 is 0 Å². The van der Waals surface area contributed by atoms with Crippen molar-refractivity contribution in [3.05, 3.63) is 23.0 Å². The first kappa shape index (κ1) is 15.3. The molecule has 0 saturated heterocycles. The molecule has 1 aliphatic carbocycles. The molecule has 1 N–H and O–H groups in total. The zero-order chi connectivity index (χ0) is 14.5. The molecule has 1 saturated carbocycles. The SMILES string of the molecule is CCCNC(Cc1ncc(C)c(OC)c1C)C1CCC1. The van der Waals surface area contributed by atoms with Crippen LogP contribution in [0.15, 0.2) is 6.20 Å². The van der Waals surface area contributed by atoms with E-state index in [2.05, 4.69) is 31.1 Å². The normalized spacial score (nSPS) is 16.8. The van der Waals surface area contributed by atoms with Crippen LogP contribution in [0.25, 0.3) is 0 Å². The summed E-state index contributed by atoms with van der Waals surface area (Å²) in [5, 5.41) is 3.72. The van der Waals surface area contributed by atoms with Crippen molar-refractivity contribution in [1.29, 1.82) is 0 Å². The molecule has 1 aromatic rings. The van der Waals surface area contributed by atoms with Crippen molar-refractivity contribution >= 4 is 0 Å². The van der Waals surface area contributed by atoms with E-state index in [1.807, 2.05) is 6.20 Å². The summed E-state index contributed by atoms with van der Waals surface area (Å²) in [5.74, 6) is 1.83.